The molecule has 0 aromatic heterocycles. The second kappa shape index (κ2) is 13.0. The number of hydrogen-bond acceptors (Lipinski definition) is 5. The van der Waals surface area contributed by atoms with Gasteiger partial charge in [-0.15, -0.1) is 0 Å². The summed E-state index contributed by atoms with van der Waals surface area (Å²) in [5.41, 5.74) is 0.861. The van der Waals surface area contributed by atoms with E-state index in [1.165, 1.54) is 29.2 Å². The minimum absolute atomic E-state index is 0.0189. The average Bonchev–Trinajstić information content (AvgIpc) is 2.93. The van der Waals surface area contributed by atoms with Gasteiger partial charge in [-0.1, -0.05) is 37.3 Å². The molecule has 0 aliphatic carbocycles. The monoisotopic (exact) mass is 541 g/mol. The molecule has 1 N–H and O–H groups in total. The Balaban J connectivity index is 2.03. The molecule has 3 aromatic carbocycles. The third kappa shape index (κ3) is 6.89. The van der Waals surface area contributed by atoms with Crippen molar-refractivity contribution in [2.75, 3.05) is 24.5 Å². The van der Waals surface area contributed by atoms with Crippen LogP contribution in [0, 0.1) is 5.82 Å². The fourth-order valence-corrected chi connectivity index (χ4v) is 5.43. The number of ether oxygens (including phenoxy) is 1. The van der Waals surface area contributed by atoms with Crippen LogP contribution in [-0.4, -0.2) is 51.4 Å². The Morgan fingerprint density at radius 2 is 1.58 bits per heavy atom. The van der Waals surface area contributed by atoms with Gasteiger partial charge < -0.3 is 15.0 Å². The van der Waals surface area contributed by atoms with Gasteiger partial charge in [0.05, 0.1) is 17.7 Å². The van der Waals surface area contributed by atoms with Crippen LogP contribution in [0.3, 0.4) is 0 Å². The molecule has 2 amide bonds. The minimum atomic E-state index is -4.19. The summed E-state index contributed by atoms with van der Waals surface area (Å²) in [5, 5.41) is 2.76. The molecule has 202 valence electrons. The first-order chi connectivity index (χ1) is 18.2. The Morgan fingerprint density at radius 1 is 0.947 bits per heavy atom. The SMILES string of the molecule is CCNC(=O)C(CC)N(Cc1ccc(OC)cc1)C(=O)CN(c1ccc(F)cc1)S(=O)(=O)c1ccccc1. The normalized spacial score (nSPS) is 11.9. The summed E-state index contributed by atoms with van der Waals surface area (Å²) in [6.07, 6.45) is 0.315. The average molecular weight is 542 g/mol. The number of sulfonamides is 1. The Bertz CT molecular complexity index is 1320. The summed E-state index contributed by atoms with van der Waals surface area (Å²) in [7, 11) is -2.65. The van der Waals surface area contributed by atoms with E-state index >= 15 is 0 Å². The van der Waals surface area contributed by atoms with Gasteiger partial charge in [0.15, 0.2) is 0 Å². The summed E-state index contributed by atoms with van der Waals surface area (Å²) in [6.45, 7) is 3.43. The molecule has 0 aliphatic heterocycles. The number of hydrogen-bond donors (Lipinski definition) is 1. The number of rotatable bonds is 12. The van der Waals surface area contributed by atoms with Crippen LogP contribution in [0.2, 0.25) is 0 Å². The van der Waals surface area contributed by atoms with Crippen molar-refractivity contribution in [3.63, 3.8) is 0 Å². The van der Waals surface area contributed by atoms with Crippen molar-refractivity contribution < 1.29 is 27.1 Å². The first-order valence-corrected chi connectivity index (χ1v) is 13.7. The zero-order chi connectivity index (χ0) is 27.7. The topological polar surface area (TPSA) is 96.0 Å². The van der Waals surface area contributed by atoms with Crippen LogP contribution in [0.25, 0.3) is 0 Å². The molecule has 0 bridgehead atoms. The number of nitrogens with zero attached hydrogens (tertiary/aromatic N) is 2. The summed E-state index contributed by atoms with van der Waals surface area (Å²) >= 11 is 0. The van der Waals surface area contributed by atoms with Gasteiger partial charge in [0.1, 0.15) is 24.2 Å². The Kier molecular flexibility index (Phi) is 9.84. The molecule has 8 nitrogen and oxygen atoms in total. The van der Waals surface area contributed by atoms with E-state index < -0.39 is 34.3 Å². The fraction of sp³-hybridized carbons (Fsp3) is 0.286. The van der Waals surface area contributed by atoms with Crippen LogP contribution in [0.4, 0.5) is 10.1 Å². The lowest BCUT2D eigenvalue weighted by molar-refractivity contribution is -0.140. The number of benzene rings is 3. The van der Waals surface area contributed by atoms with E-state index in [2.05, 4.69) is 5.32 Å². The van der Waals surface area contributed by atoms with Crippen LogP contribution in [0.15, 0.2) is 83.8 Å². The van der Waals surface area contributed by atoms with Gasteiger partial charge in [-0.2, -0.15) is 0 Å². The molecule has 0 heterocycles. The van der Waals surface area contributed by atoms with Crippen molar-refractivity contribution in [3.05, 3.63) is 90.2 Å². The van der Waals surface area contributed by atoms with Crippen molar-refractivity contribution in [1.29, 1.82) is 0 Å². The summed E-state index contributed by atoms with van der Waals surface area (Å²) in [6, 6.07) is 18.8. The van der Waals surface area contributed by atoms with E-state index in [0.717, 1.165) is 22.0 Å². The molecule has 0 aliphatic rings. The highest BCUT2D eigenvalue weighted by molar-refractivity contribution is 7.92. The number of carbonyl (C=O) groups excluding carboxylic acids is 2. The molecule has 38 heavy (non-hydrogen) atoms. The van der Waals surface area contributed by atoms with E-state index in [4.69, 9.17) is 4.74 Å². The molecule has 3 rings (SSSR count). The lowest BCUT2D eigenvalue weighted by Gasteiger charge is -2.33. The molecular formula is C28H32FN3O5S. The lowest BCUT2D eigenvalue weighted by atomic mass is 10.1. The van der Waals surface area contributed by atoms with Crippen molar-refractivity contribution in [1.82, 2.24) is 10.2 Å². The highest BCUT2D eigenvalue weighted by Crippen LogP contribution is 2.25. The third-order valence-corrected chi connectivity index (χ3v) is 7.76. The van der Waals surface area contributed by atoms with E-state index in [1.54, 1.807) is 63.4 Å². The molecule has 10 heteroatoms. The number of methoxy groups -OCH3 is 1. The molecule has 0 radical (unpaired) electrons. The predicted octanol–water partition coefficient (Wildman–Crippen LogP) is 3.97. The van der Waals surface area contributed by atoms with Crippen molar-refractivity contribution in [3.8, 4) is 5.75 Å². The van der Waals surface area contributed by atoms with Crippen molar-refractivity contribution >= 4 is 27.5 Å². The van der Waals surface area contributed by atoms with Crippen LogP contribution < -0.4 is 14.4 Å². The summed E-state index contributed by atoms with van der Waals surface area (Å²) < 4.78 is 47.1. The van der Waals surface area contributed by atoms with E-state index in [9.17, 15) is 22.4 Å². The summed E-state index contributed by atoms with van der Waals surface area (Å²) in [5.74, 6) is -0.821. The predicted molar refractivity (Wildman–Crippen MR) is 144 cm³/mol. The Labute approximate surface area is 223 Å². The number of likely N-dealkylation sites (N-methyl/N-ethyl adjacent to an activating group) is 1. The first kappa shape index (κ1) is 28.6. The molecule has 1 unspecified atom stereocenters. The van der Waals surface area contributed by atoms with Gasteiger partial charge in [0.2, 0.25) is 11.8 Å². The number of amides is 2. The molecular weight excluding hydrogens is 509 g/mol. The highest BCUT2D eigenvalue weighted by Gasteiger charge is 2.33. The van der Waals surface area contributed by atoms with Crippen molar-refractivity contribution in [2.45, 2.75) is 37.8 Å². The molecule has 0 saturated carbocycles. The number of halogens is 1. The minimum Gasteiger partial charge on any atom is -0.497 e. The highest BCUT2D eigenvalue weighted by atomic mass is 32.2. The first-order valence-electron chi connectivity index (χ1n) is 12.2. The van der Waals surface area contributed by atoms with E-state index in [-0.39, 0.29) is 23.0 Å². The third-order valence-electron chi connectivity index (χ3n) is 5.97. The largest absolute Gasteiger partial charge is 0.497 e. The van der Waals surface area contributed by atoms with E-state index in [1.807, 2.05) is 0 Å². The van der Waals surface area contributed by atoms with Gasteiger partial charge in [0.25, 0.3) is 10.0 Å². The number of carbonyl (C=O) groups is 2. The maximum absolute atomic E-state index is 13.8. The fourth-order valence-electron chi connectivity index (χ4n) is 3.99. The molecule has 0 spiro atoms. The van der Waals surface area contributed by atoms with Gasteiger partial charge in [-0.25, -0.2) is 12.8 Å². The molecule has 1 atom stereocenters. The van der Waals surface area contributed by atoms with Gasteiger partial charge in [-0.3, -0.25) is 13.9 Å². The maximum atomic E-state index is 13.8. The number of anilines is 1. The summed E-state index contributed by atoms with van der Waals surface area (Å²) in [4.78, 5) is 28.1. The smallest absolute Gasteiger partial charge is 0.264 e. The Hall–Kier alpha value is -3.92. The quantitative estimate of drug-likeness (QED) is 0.374. The van der Waals surface area contributed by atoms with E-state index in [0.29, 0.717) is 18.7 Å². The van der Waals surface area contributed by atoms with Gasteiger partial charge >= 0.3 is 0 Å². The molecule has 0 saturated heterocycles. The second-order valence-corrected chi connectivity index (χ2v) is 10.4. The molecule has 3 aromatic rings. The van der Waals surface area contributed by atoms with Gasteiger partial charge in [0, 0.05) is 13.1 Å². The van der Waals surface area contributed by atoms with Crippen molar-refractivity contribution in [2.24, 2.45) is 0 Å². The lowest BCUT2D eigenvalue weighted by Crippen LogP contribution is -2.52. The Morgan fingerprint density at radius 3 is 2.13 bits per heavy atom. The zero-order valence-electron chi connectivity index (χ0n) is 21.6. The standard InChI is InChI=1S/C28H32FN3O5S/c1-4-26(28(34)30-5-2)31(19-21-11-17-24(37-3)18-12-21)27(33)20-32(23-15-13-22(29)14-16-23)38(35,36)25-9-7-6-8-10-25/h6-18,26H,4-5,19-20H2,1-3H3,(H,30,34). The number of nitrogens with one attached hydrogen (secondary N) is 1. The van der Waals surface area contributed by atoms with Crippen LogP contribution >= 0.6 is 0 Å². The molecule has 0 fully saturated rings. The van der Waals surface area contributed by atoms with Gasteiger partial charge in [-0.05, 0) is 67.4 Å². The zero-order valence-corrected chi connectivity index (χ0v) is 22.4. The van der Waals surface area contributed by atoms with Crippen LogP contribution in [0.5, 0.6) is 5.75 Å². The maximum Gasteiger partial charge on any atom is 0.264 e. The van der Waals surface area contributed by atoms with Crippen LogP contribution in [0.1, 0.15) is 25.8 Å². The van der Waals surface area contributed by atoms with Crippen LogP contribution in [-0.2, 0) is 26.2 Å². The second-order valence-electron chi connectivity index (χ2n) is 8.49.